The van der Waals surface area contributed by atoms with Crippen LogP contribution in [0.5, 0.6) is 0 Å². The van der Waals surface area contributed by atoms with Crippen molar-refractivity contribution in [2.24, 2.45) is 0 Å². The number of benzene rings is 8. The van der Waals surface area contributed by atoms with Gasteiger partial charge >= 0.3 is 0 Å². The smallest absolute Gasteiger partial charge is 0.166 e. The fourth-order valence-corrected chi connectivity index (χ4v) is 9.57. The van der Waals surface area contributed by atoms with E-state index < -0.39 is 0 Å². The first kappa shape index (κ1) is 31.9. The van der Waals surface area contributed by atoms with Crippen LogP contribution in [0.25, 0.3) is 115 Å². The van der Waals surface area contributed by atoms with Gasteiger partial charge in [0.05, 0.1) is 16.7 Å². The number of fused-ring (bicyclic) bond motifs is 9. The van der Waals surface area contributed by atoms with Gasteiger partial charge in [-0.3, -0.25) is 0 Å². The molecular formula is C51H30N4OS. The number of hydrogen-bond donors (Lipinski definition) is 0. The number of aromatic nitrogens is 4. The topological polar surface area (TPSA) is 56.7 Å². The van der Waals surface area contributed by atoms with E-state index in [0.29, 0.717) is 17.5 Å². The summed E-state index contributed by atoms with van der Waals surface area (Å²) in [6.07, 6.45) is 0. The van der Waals surface area contributed by atoms with Crippen molar-refractivity contribution in [1.29, 1.82) is 0 Å². The van der Waals surface area contributed by atoms with Gasteiger partial charge in [-0.15, -0.1) is 11.3 Å². The molecule has 6 heteroatoms. The minimum absolute atomic E-state index is 0.606. The van der Waals surface area contributed by atoms with Gasteiger partial charge in [-0.05, 0) is 42.0 Å². The molecule has 266 valence electrons. The maximum Gasteiger partial charge on any atom is 0.166 e. The van der Waals surface area contributed by atoms with E-state index in [1.807, 2.05) is 24.3 Å². The van der Waals surface area contributed by atoms with Gasteiger partial charge in [0, 0.05) is 70.0 Å². The van der Waals surface area contributed by atoms with Crippen molar-refractivity contribution in [2.75, 3.05) is 0 Å². The molecule has 8 aromatic carbocycles. The third-order valence-electron chi connectivity index (χ3n) is 11.1. The van der Waals surface area contributed by atoms with Crippen LogP contribution < -0.4 is 0 Å². The zero-order valence-electron chi connectivity index (χ0n) is 30.4. The average molecular weight is 747 g/mol. The van der Waals surface area contributed by atoms with Gasteiger partial charge in [0.1, 0.15) is 11.2 Å². The minimum atomic E-state index is 0.606. The van der Waals surface area contributed by atoms with E-state index >= 15 is 0 Å². The van der Waals surface area contributed by atoms with Crippen LogP contribution >= 0.6 is 11.3 Å². The summed E-state index contributed by atoms with van der Waals surface area (Å²) in [6.45, 7) is 0. The van der Waals surface area contributed by atoms with Crippen molar-refractivity contribution in [3.8, 4) is 51.0 Å². The Kier molecular flexibility index (Phi) is 7.03. The highest BCUT2D eigenvalue weighted by atomic mass is 32.1. The Morgan fingerprint density at radius 1 is 0.386 bits per heavy atom. The van der Waals surface area contributed by atoms with E-state index in [-0.39, 0.29) is 0 Å². The molecule has 0 amide bonds. The number of nitrogens with zero attached hydrogens (tertiary/aromatic N) is 4. The highest BCUT2D eigenvalue weighted by Gasteiger charge is 2.22. The fourth-order valence-electron chi connectivity index (χ4n) is 8.43. The van der Waals surface area contributed by atoms with E-state index in [1.165, 1.54) is 20.2 Å². The molecule has 4 heterocycles. The number of para-hydroxylation sites is 3. The molecule has 0 fully saturated rings. The van der Waals surface area contributed by atoms with E-state index in [9.17, 15) is 0 Å². The second kappa shape index (κ2) is 12.6. The molecule has 0 aliphatic rings. The second-order valence-electron chi connectivity index (χ2n) is 14.4. The Morgan fingerprint density at radius 2 is 1.04 bits per heavy atom. The fraction of sp³-hybridized carbons (Fsp3) is 0. The van der Waals surface area contributed by atoms with Gasteiger partial charge in [0.2, 0.25) is 0 Å². The summed E-state index contributed by atoms with van der Waals surface area (Å²) in [6, 6.07) is 63.7. The molecule has 12 rings (SSSR count). The quantitative estimate of drug-likeness (QED) is 0.176. The predicted molar refractivity (Wildman–Crippen MR) is 236 cm³/mol. The molecule has 0 aliphatic carbocycles. The first-order valence-electron chi connectivity index (χ1n) is 19.0. The maximum atomic E-state index is 6.78. The molecule has 4 aromatic heterocycles. The normalized spacial score (nSPS) is 11.9. The van der Waals surface area contributed by atoms with E-state index in [2.05, 4.69) is 162 Å². The molecule has 0 radical (unpaired) electrons. The molecule has 0 bridgehead atoms. The third-order valence-corrected chi connectivity index (χ3v) is 12.2. The van der Waals surface area contributed by atoms with Gasteiger partial charge < -0.3 is 8.98 Å². The summed E-state index contributed by atoms with van der Waals surface area (Å²) in [4.78, 5) is 15.6. The van der Waals surface area contributed by atoms with Crippen molar-refractivity contribution >= 4 is 75.3 Å². The number of hydrogen-bond acceptors (Lipinski definition) is 5. The Balaban J connectivity index is 1.09. The highest BCUT2D eigenvalue weighted by molar-refractivity contribution is 7.25. The molecule has 0 aliphatic heterocycles. The lowest BCUT2D eigenvalue weighted by atomic mass is 10.0. The highest BCUT2D eigenvalue weighted by Crippen LogP contribution is 2.42. The lowest BCUT2D eigenvalue weighted by Gasteiger charge is -2.14. The predicted octanol–water partition coefficient (Wildman–Crippen LogP) is 13.9. The molecule has 0 saturated heterocycles. The first-order valence-corrected chi connectivity index (χ1v) is 19.8. The largest absolute Gasteiger partial charge is 0.455 e. The molecule has 57 heavy (non-hydrogen) atoms. The van der Waals surface area contributed by atoms with Crippen LogP contribution in [0.4, 0.5) is 0 Å². The zero-order chi connectivity index (χ0) is 37.5. The first-order chi connectivity index (χ1) is 28.2. The Bertz CT molecular complexity index is 3530. The van der Waals surface area contributed by atoms with Crippen molar-refractivity contribution in [3.05, 3.63) is 182 Å². The molecule has 5 nitrogen and oxygen atoms in total. The molecule has 0 unspecified atom stereocenters. The summed E-state index contributed by atoms with van der Waals surface area (Å²) in [7, 11) is 0. The Labute approximate surface area is 330 Å². The van der Waals surface area contributed by atoms with Gasteiger partial charge in [-0.2, -0.15) is 0 Å². The van der Waals surface area contributed by atoms with E-state index in [4.69, 9.17) is 19.4 Å². The molecule has 0 spiro atoms. The number of thiophene rings is 1. The Hall–Kier alpha value is -7.41. The molecule has 0 atom stereocenters. The summed E-state index contributed by atoms with van der Waals surface area (Å²) >= 11 is 1.79. The third kappa shape index (κ3) is 5.04. The molecular weight excluding hydrogens is 717 g/mol. The van der Waals surface area contributed by atoms with Crippen molar-refractivity contribution in [3.63, 3.8) is 0 Å². The Morgan fingerprint density at radius 3 is 1.89 bits per heavy atom. The lowest BCUT2D eigenvalue weighted by molar-refractivity contribution is 0.670. The summed E-state index contributed by atoms with van der Waals surface area (Å²) in [5, 5.41) is 7.02. The van der Waals surface area contributed by atoms with Crippen molar-refractivity contribution in [2.45, 2.75) is 0 Å². The zero-order valence-corrected chi connectivity index (χ0v) is 31.2. The minimum Gasteiger partial charge on any atom is -0.455 e. The van der Waals surface area contributed by atoms with Crippen LogP contribution in [0.3, 0.4) is 0 Å². The lowest BCUT2D eigenvalue weighted by Crippen LogP contribution is -2.03. The van der Waals surface area contributed by atoms with Crippen LogP contribution in [0.1, 0.15) is 0 Å². The summed E-state index contributed by atoms with van der Waals surface area (Å²) < 4.78 is 11.6. The van der Waals surface area contributed by atoms with Gasteiger partial charge in [-0.25, -0.2) is 15.0 Å². The van der Waals surface area contributed by atoms with Crippen LogP contribution in [-0.4, -0.2) is 19.5 Å². The second-order valence-corrected chi connectivity index (χ2v) is 15.5. The van der Waals surface area contributed by atoms with E-state index in [1.54, 1.807) is 11.3 Å². The van der Waals surface area contributed by atoms with E-state index in [0.717, 1.165) is 77.2 Å². The van der Waals surface area contributed by atoms with Gasteiger partial charge in [0.15, 0.2) is 17.5 Å². The van der Waals surface area contributed by atoms with Gasteiger partial charge in [0.25, 0.3) is 0 Å². The monoisotopic (exact) mass is 746 g/mol. The molecule has 0 saturated carbocycles. The number of furan rings is 1. The van der Waals surface area contributed by atoms with Crippen LogP contribution in [-0.2, 0) is 0 Å². The van der Waals surface area contributed by atoms with Crippen molar-refractivity contribution < 1.29 is 4.42 Å². The molecule has 12 aromatic rings. The molecule has 0 N–H and O–H groups in total. The van der Waals surface area contributed by atoms with Crippen LogP contribution in [0.15, 0.2) is 186 Å². The standard InChI is InChI=1S/C51H30N4OS/c1-3-14-31(15-4-1)34-21-13-22-38-41-29-40-35-18-7-10-23-42(35)55(44(40)30-45(41)56-48(34)38)43-24-11-8-20-39(43)51-53-49(32-16-5-2-6-17-32)52-50(54-51)33-26-27-37-36-19-9-12-25-46(36)57-47(37)28-33/h1-30H. The average Bonchev–Trinajstić information content (AvgIpc) is 3.95. The summed E-state index contributed by atoms with van der Waals surface area (Å²) in [5.41, 5.74) is 9.84. The maximum absolute atomic E-state index is 6.78. The number of rotatable bonds is 5. The SMILES string of the molecule is c1ccc(-c2nc(-c3ccc4c(c3)sc3ccccc34)nc(-c3ccccc3-n3c4ccccc4c4cc5c(cc43)oc3c(-c4ccccc4)cccc35)n2)cc1. The summed E-state index contributed by atoms with van der Waals surface area (Å²) in [5.74, 6) is 1.87. The van der Waals surface area contributed by atoms with Crippen LogP contribution in [0, 0.1) is 0 Å². The van der Waals surface area contributed by atoms with Crippen LogP contribution in [0.2, 0.25) is 0 Å². The van der Waals surface area contributed by atoms with Crippen molar-refractivity contribution in [1.82, 2.24) is 19.5 Å². The van der Waals surface area contributed by atoms with Gasteiger partial charge in [-0.1, -0.05) is 140 Å².